The molecule has 0 N–H and O–H groups in total. The first-order valence-corrected chi connectivity index (χ1v) is 17.4. The summed E-state index contributed by atoms with van der Waals surface area (Å²) in [5.41, 5.74) is 11.1. The molecule has 0 amide bonds. The Morgan fingerprint density at radius 1 is 0.385 bits per heavy atom. The Balaban J connectivity index is 1.10. The molecule has 11 rings (SSSR count). The molecule has 0 saturated heterocycles. The minimum Gasteiger partial charge on any atom is -0.456 e. The monoisotopic (exact) mass is 668 g/mol. The van der Waals surface area contributed by atoms with Gasteiger partial charge in [0.25, 0.3) is 0 Å². The number of hydrogen-bond acceptors (Lipinski definition) is 5. The molecule has 0 saturated carbocycles. The number of hydrogen-bond donors (Lipinski definition) is 0. The van der Waals surface area contributed by atoms with Crippen LogP contribution in [-0.4, -0.2) is 4.98 Å². The molecule has 0 aliphatic carbocycles. The lowest BCUT2D eigenvalue weighted by molar-refractivity contribution is 0.620. The molecule has 0 fully saturated rings. The van der Waals surface area contributed by atoms with Crippen molar-refractivity contribution in [2.75, 3.05) is 4.90 Å². The fourth-order valence-electron chi connectivity index (χ4n) is 7.66. The molecule has 0 radical (unpaired) electrons. The van der Waals surface area contributed by atoms with Crippen molar-refractivity contribution in [3.05, 3.63) is 170 Å². The predicted molar refractivity (Wildman–Crippen MR) is 212 cm³/mol. The molecule has 0 atom stereocenters. The summed E-state index contributed by atoms with van der Waals surface area (Å²) in [5, 5.41) is 6.33. The maximum atomic E-state index is 6.62. The van der Waals surface area contributed by atoms with E-state index >= 15 is 0 Å². The zero-order valence-electron chi connectivity index (χ0n) is 27.8. The summed E-state index contributed by atoms with van der Waals surface area (Å²) in [7, 11) is 0. The highest BCUT2D eigenvalue weighted by Crippen LogP contribution is 2.43. The van der Waals surface area contributed by atoms with Crippen molar-refractivity contribution in [3.63, 3.8) is 0 Å². The molecule has 0 aliphatic heterocycles. The maximum absolute atomic E-state index is 6.62. The molecule has 0 spiro atoms. The maximum Gasteiger partial charge on any atom is 0.228 e. The van der Waals surface area contributed by atoms with E-state index in [0.29, 0.717) is 5.89 Å². The van der Waals surface area contributed by atoms with Gasteiger partial charge in [0.2, 0.25) is 5.89 Å². The van der Waals surface area contributed by atoms with Crippen LogP contribution < -0.4 is 4.90 Å². The number of oxazole rings is 1. The van der Waals surface area contributed by atoms with Crippen molar-refractivity contribution in [1.29, 1.82) is 0 Å². The van der Waals surface area contributed by atoms with Gasteiger partial charge >= 0.3 is 0 Å². The van der Waals surface area contributed by atoms with E-state index in [-0.39, 0.29) is 0 Å². The topological polar surface area (TPSA) is 55.6 Å². The highest BCUT2D eigenvalue weighted by molar-refractivity contribution is 6.13. The van der Waals surface area contributed by atoms with Crippen LogP contribution in [0.4, 0.5) is 17.1 Å². The van der Waals surface area contributed by atoms with Crippen LogP contribution in [0.15, 0.2) is 183 Å². The highest BCUT2D eigenvalue weighted by Gasteiger charge is 2.21. The number of nitrogens with zero attached hydrogens (tertiary/aromatic N) is 2. The predicted octanol–water partition coefficient (Wildman–Crippen LogP) is 13.6. The summed E-state index contributed by atoms with van der Waals surface area (Å²) in [5.74, 6) is 0.573. The van der Waals surface area contributed by atoms with Gasteiger partial charge in [0, 0.05) is 55.6 Å². The van der Waals surface area contributed by atoms with Gasteiger partial charge in [-0.05, 0) is 83.2 Å². The second kappa shape index (κ2) is 11.2. The van der Waals surface area contributed by atoms with E-state index < -0.39 is 0 Å². The van der Waals surface area contributed by atoms with Crippen molar-refractivity contribution >= 4 is 82.8 Å². The fourth-order valence-corrected chi connectivity index (χ4v) is 7.66. The van der Waals surface area contributed by atoms with E-state index in [2.05, 4.69) is 126 Å². The van der Waals surface area contributed by atoms with E-state index in [0.717, 1.165) is 99.5 Å². The van der Waals surface area contributed by atoms with Gasteiger partial charge < -0.3 is 18.2 Å². The summed E-state index contributed by atoms with van der Waals surface area (Å²) in [6.07, 6.45) is 0. The number of anilines is 3. The number of para-hydroxylation sites is 1. The number of fused-ring (bicyclic) bond motifs is 9. The van der Waals surface area contributed by atoms with Crippen LogP contribution in [0, 0.1) is 0 Å². The molecule has 8 aromatic carbocycles. The van der Waals surface area contributed by atoms with Crippen molar-refractivity contribution < 1.29 is 13.3 Å². The Bertz CT molecular complexity index is 3150. The summed E-state index contributed by atoms with van der Waals surface area (Å²) in [6.45, 7) is 0. The van der Waals surface area contributed by atoms with E-state index in [1.165, 1.54) is 0 Å². The van der Waals surface area contributed by atoms with Crippen LogP contribution in [0.2, 0.25) is 0 Å². The molecule has 3 heterocycles. The van der Waals surface area contributed by atoms with Crippen LogP contribution in [0.25, 0.3) is 88.3 Å². The normalized spacial score (nSPS) is 11.8. The lowest BCUT2D eigenvalue weighted by atomic mass is 10.0. The molecule has 52 heavy (non-hydrogen) atoms. The fraction of sp³-hybridized carbons (Fsp3) is 0. The van der Waals surface area contributed by atoms with Crippen molar-refractivity contribution in [2.24, 2.45) is 0 Å². The van der Waals surface area contributed by atoms with Crippen LogP contribution in [-0.2, 0) is 0 Å². The Hall–Kier alpha value is -7.11. The molecule has 0 unspecified atom stereocenters. The number of rotatable bonds is 5. The Kier molecular flexibility index (Phi) is 6.18. The molecule has 0 bridgehead atoms. The molecule has 0 aliphatic rings. The van der Waals surface area contributed by atoms with E-state index in [9.17, 15) is 0 Å². The van der Waals surface area contributed by atoms with Crippen LogP contribution in [0.5, 0.6) is 0 Å². The van der Waals surface area contributed by atoms with Crippen molar-refractivity contribution in [1.82, 2.24) is 4.98 Å². The van der Waals surface area contributed by atoms with E-state index in [1.807, 2.05) is 48.5 Å². The number of aromatic nitrogens is 1. The minimum atomic E-state index is 0.573. The first-order chi connectivity index (χ1) is 25.7. The summed E-state index contributed by atoms with van der Waals surface area (Å²) in [4.78, 5) is 7.31. The summed E-state index contributed by atoms with van der Waals surface area (Å²) >= 11 is 0. The second-order valence-electron chi connectivity index (χ2n) is 13.1. The van der Waals surface area contributed by atoms with Gasteiger partial charge in [-0.2, -0.15) is 0 Å². The highest BCUT2D eigenvalue weighted by atomic mass is 16.4. The third-order valence-electron chi connectivity index (χ3n) is 10.1. The Morgan fingerprint density at radius 3 is 2.02 bits per heavy atom. The number of benzene rings is 8. The average Bonchev–Trinajstić information content (AvgIpc) is 3.92. The Morgan fingerprint density at radius 2 is 1.08 bits per heavy atom. The smallest absolute Gasteiger partial charge is 0.228 e. The minimum absolute atomic E-state index is 0.573. The molecule has 5 heteroatoms. The van der Waals surface area contributed by atoms with Gasteiger partial charge in [-0.25, -0.2) is 4.98 Å². The molecule has 11 aromatic rings. The quantitative estimate of drug-likeness (QED) is 0.183. The first-order valence-electron chi connectivity index (χ1n) is 17.4. The third-order valence-corrected chi connectivity index (χ3v) is 10.1. The van der Waals surface area contributed by atoms with Gasteiger partial charge in [-0.1, -0.05) is 97.1 Å². The van der Waals surface area contributed by atoms with Gasteiger partial charge in [0.05, 0.1) is 0 Å². The lowest BCUT2D eigenvalue weighted by Gasteiger charge is -2.26. The van der Waals surface area contributed by atoms with Crippen LogP contribution >= 0.6 is 0 Å². The van der Waals surface area contributed by atoms with Crippen LogP contribution in [0.1, 0.15) is 0 Å². The second-order valence-corrected chi connectivity index (χ2v) is 13.1. The van der Waals surface area contributed by atoms with E-state index in [4.69, 9.17) is 18.2 Å². The first kappa shape index (κ1) is 28.7. The van der Waals surface area contributed by atoms with Gasteiger partial charge in [-0.15, -0.1) is 0 Å². The standard InChI is InChI=1S/C47H28N2O3/c1-2-10-29(11-3-1)31-13-8-14-32(26-31)49(33-22-25-41-39(27-33)36-16-6-7-18-40(36)50-41)34-21-23-37-44(28-34)51-42-19-9-17-38(45(37)42)47-48-46-35-15-5-4-12-30(35)20-24-43(46)52-47/h1-28H. The molecule has 5 nitrogen and oxygen atoms in total. The van der Waals surface area contributed by atoms with Crippen molar-refractivity contribution in [2.45, 2.75) is 0 Å². The van der Waals surface area contributed by atoms with Crippen molar-refractivity contribution in [3.8, 4) is 22.6 Å². The SMILES string of the molecule is c1ccc(-c2cccc(N(c3ccc4c(c3)oc3cccc(-c5nc6c(ccc7ccccc76)o5)c34)c3ccc4oc5ccccc5c4c3)c2)cc1. The van der Waals surface area contributed by atoms with E-state index in [1.54, 1.807) is 0 Å². The summed E-state index contributed by atoms with van der Waals surface area (Å²) < 4.78 is 19.2. The largest absolute Gasteiger partial charge is 0.456 e. The number of furan rings is 2. The molecular formula is C47H28N2O3. The van der Waals surface area contributed by atoms with Gasteiger partial charge in [-0.3, -0.25) is 0 Å². The average molecular weight is 669 g/mol. The van der Waals surface area contributed by atoms with Gasteiger partial charge in [0.1, 0.15) is 27.8 Å². The lowest BCUT2D eigenvalue weighted by Crippen LogP contribution is -2.10. The van der Waals surface area contributed by atoms with Gasteiger partial charge in [0.15, 0.2) is 5.58 Å². The zero-order valence-corrected chi connectivity index (χ0v) is 27.8. The molecule has 244 valence electrons. The summed E-state index contributed by atoms with van der Waals surface area (Å²) in [6, 6.07) is 58.6. The molecule has 3 aromatic heterocycles. The van der Waals surface area contributed by atoms with Crippen LogP contribution in [0.3, 0.4) is 0 Å². The third kappa shape index (κ3) is 4.46. The Labute approximate surface area is 297 Å². The molecular weight excluding hydrogens is 641 g/mol. The zero-order chi connectivity index (χ0) is 34.2.